The molecule has 48 heavy (non-hydrogen) atoms. The Morgan fingerprint density at radius 3 is 2.15 bits per heavy atom. The van der Waals surface area contributed by atoms with Gasteiger partial charge in [-0.05, 0) is 54.4 Å². The summed E-state index contributed by atoms with van der Waals surface area (Å²) in [4.78, 5) is 68.7. The van der Waals surface area contributed by atoms with Gasteiger partial charge in [0.1, 0.15) is 5.75 Å². The van der Waals surface area contributed by atoms with Crippen molar-refractivity contribution in [1.82, 2.24) is 10.3 Å². The van der Waals surface area contributed by atoms with Crippen molar-refractivity contribution in [2.24, 2.45) is 0 Å². The molecule has 13 heteroatoms. The molecular weight excluding hydrogens is 618 g/mol. The zero-order chi connectivity index (χ0) is 34.8. The number of carbonyl (C=O) groups excluding carboxylic acids is 5. The summed E-state index contributed by atoms with van der Waals surface area (Å²) in [6, 6.07) is 18.9. The minimum absolute atomic E-state index is 0.0119. The van der Waals surface area contributed by atoms with E-state index in [1.807, 2.05) is 25.1 Å². The molecule has 0 bridgehead atoms. The number of esters is 2. The largest absolute Gasteiger partial charge is 0.494 e. The van der Waals surface area contributed by atoms with Crippen molar-refractivity contribution < 1.29 is 38.2 Å². The third-order valence-electron chi connectivity index (χ3n) is 7.33. The van der Waals surface area contributed by atoms with Crippen LogP contribution in [0.15, 0.2) is 85.2 Å². The number of anilines is 4. The summed E-state index contributed by atoms with van der Waals surface area (Å²) in [6.45, 7) is 3.28. The molecule has 0 saturated heterocycles. The van der Waals surface area contributed by atoms with Crippen molar-refractivity contribution in [3.63, 3.8) is 0 Å². The van der Waals surface area contributed by atoms with Gasteiger partial charge in [0, 0.05) is 36.8 Å². The first-order chi connectivity index (χ1) is 23.1. The van der Waals surface area contributed by atoms with Gasteiger partial charge in [0.05, 0.1) is 56.3 Å². The molecule has 0 radical (unpaired) electrons. The number of aryl methyl sites for hydroxylation is 1. The summed E-state index contributed by atoms with van der Waals surface area (Å²) < 4.78 is 15.1. The van der Waals surface area contributed by atoms with Crippen LogP contribution in [-0.4, -0.2) is 56.1 Å². The quantitative estimate of drug-likeness (QED) is 0.176. The number of para-hydroxylation sites is 1. The fraction of sp³-hybridized carbons (Fsp3) is 0.200. The highest BCUT2D eigenvalue weighted by molar-refractivity contribution is 6.05. The van der Waals surface area contributed by atoms with Crippen LogP contribution in [-0.2, 0) is 19.1 Å². The summed E-state index contributed by atoms with van der Waals surface area (Å²) in [6.07, 6.45) is 2.38. The van der Waals surface area contributed by atoms with E-state index in [2.05, 4.69) is 20.9 Å². The Balaban J connectivity index is 1.58. The molecule has 1 aromatic heterocycles. The molecule has 13 nitrogen and oxygen atoms in total. The molecule has 4 amide bonds. The molecule has 0 aliphatic carbocycles. The first kappa shape index (κ1) is 34.6. The molecule has 0 unspecified atom stereocenters. The van der Waals surface area contributed by atoms with E-state index >= 15 is 0 Å². The highest BCUT2D eigenvalue weighted by Crippen LogP contribution is 2.34. The van der Waals surface area contributed by atoms with Gasteiger partial charge in [0.25, 0.3) is 5.91 Å². The minimum Gasteiger partial charge on any atom is -0.494 e. The molecule has 0 fully saturated rings. The van der Waals surface area contributed by atoms with E-state index in [4.69, 9.17) is 14.2 Å². The maximum absolute atomic E-state index is 13.2. The molecule has 3 N–H and O–H groups in total. The monoisotopic (exact) mass is 653 g/mol. The van der Waals surface area contributed by atoms with Gasteiger partial charge in [-0.15, -0.1) is 0 Å². The number of benzene rings is 3. The molecule has 0 spiro atoms. The van der Waals surface area contributed by atoms with E-state index in [1.54, 1.807) is 48.5 Å². The summed E-state index contributed by atoms with van der Waals surface area (Å²) in [5, 5.41) is 8.34. The average Bonchev–Trinajstić information content (AvgIpc) is 3.09. The number of pyridine rings is 1. The molecular formula is C35H35N5O8. The number of methoxy groups -OCH3 is 3. The van der Waals surface area contributed by atoms with Crippen molar-refractivity contribution in [3.05, 3.63) is 107 Å². The molecule has 4 aromatic rings. The van der Waals surface area contributed by atoms with Gasteiger partial charge in [-0.2, -0.15) is 0 Å². The molecule has 0 aliphatic rings. The lowest BCUT2D eigenvalue weighted by Gasteiger charge is -2.24. The topological polar surface area (TPSA) is 165 Å². The number of carbonyl (C=O) groups is 5. The second kappa shape index (κ2) is 15.9. The van der Waals surface area contributed by atoms with Crippen molar-refractivity contribution in [3.8, 4) is 5.75 Å². The first-order valence-corrected chi connectivity index (χ1v) is 14.7. The van der Waals surface area contributed by atoms with Crippen molar-refractivity contribution >= 4 is 52.5 Å². The second-order valence-electron chi connectivity index (χ2n) is 10.4. The zero-order valence-electron chi connectivity index (χ0n) is 27.0. The van der Waals surface area contributed by atoms with Crippen LogP contribution < -0.4 is 25.6 Å². The predicted octanol–water partition coefficient (Wildman–Crippen LogP) is 5.55. The van der Waals surface area contributed by atoms with Crippen LogP contribution >= 0.6 is 0 Å². The Kier molecular flexibility index (Phi) is 11.4. The maximum atomic E-state index is 13.2. The van der Waals surface area contributed by atoms with E-state index in [-0.39, 0.29) is 23.5 Å². The first-order valence-electron chi connectivity index (χ1n) is 14.7. The number of ether oxygens (including phenoxy) is 3. The summed E-state index contributed by atoms with van der Waals surface area (Å²) in [7, 11) is 3.88. The number of nitrogens with one attached hydrogen (secondary N) is 3. The van der Waals surface area contributed by atoms with Gasteiger partial charge in [-0.25, -0.2) is 9.59 Å². The Morgan fingerprint density at radius 1 is 0.812 bits per heavy atom. The molecule has 1 atom stereocenters. The van der Waals surface area contributed by atoms with Crippen LogP contribution in [0.3, 0.4) is 0 Å². The molecule has 4 rings (SSSR count). The van der Waals surface area contributed by atoms with Gasteiger partial charge in [-0.1, -0.05) is 30.3 Å². The van der Waals surface area contributed by atoms with Crippen LogP contribution in [0.1, 0.15) is 51.2 Å². The van der Waals surface area contributed by atoms with Gasteiger partial charge >= 0.3 is 18.0 Å². The number of hydrogen-bond donors (Lipinski definition) is 3. The third-order valence-corrected chi connectivity index (χ3v) is 7.33. The summed E-state index contributed by atoms with van der Waals surface area (Å²) >= 11 is 0. The highest BCUT2D eigenvalue weighted by Gasteiger charge is 2.24. The van der Waals surface area contributed by atoms with Crippen molar-refractivity contribution in [2.45, 2.75) is 26.3 Å². The Morgan fingerprint density at radius 2 is 1.50 bits per heavy atom. The SMILES string of the molecule is COC(=O)C[C@@H](NC(=O)c1cnccc1C(=O)OC)c1ccc(N(C(C)=O)c2ccc(NC(=O)Nc3ccccc3C)c(OC)c2)cc1. The average molecular weight is 654 g/mol. The predicted molar refractivity (Wildman–Crippen MR) is 178 cm³/mol. The van der Waals surface area contributed by atoms with Crippen LogP contribution in [0.4, 0.5) is 27.5 Å². The number of hydrogen-bond acceptors (Lipinski definition) is 9. The lowest BCUT2D eigenvalue weighted by Crippen LogP contribution is -2.32. The van der Waals surface area contributed by atoms with E-state index in [9.17, 15) is 24.0 Å². The second-order valence-corrected chi connectivity index (χ2v) is 10.4. The number of nitrogens with zero attached hydrogens (tertiary/aromatic N) is 2. The van der Waals surface area contributed by atoms with E-state index < -0.39 is 29.9 Å². The van der Waals surface area contributed by atoms with Crippen molar-refractivity contribution in [2.75, 3.05) is 36.9 Å². The summed E-state index contributed by atoms with van der Waals surface area (Å²) in [5.41, 5.74) is 3.40. The lowest BCUT2D eigenvalue weighted by molar-refractivity contribution is -0.141. The van der Waals surface area contributed by atoms with Gasteiger partial charge in [0.2, 0.25) is 5.91 Å². The zero-order valence-corrected chi connectivity index (χ0v) is 27.0. The smallest absolute Gasteiger partial charge is 0.338 e. The fourth-order valence-electron chi connectivity index (χ4n) is 4.88. The van der Waals surface area contributed by atoms with Gasteiger partial charge < -0.3 is 30.2 Å². The van der Waals surface area contributed by atoms with Gasteiger partial charge in [-0.3, -0.25) is 24.3 Å². The number of rotatable bonds is 11. The molecule has 248 valence electrons. The Hall–Kier alpha value is -6.24. The third kappa shape index (κ3) is 8.31. The maximum Gasteiger partial charge on any atom is 0.338 e. The van der Waals surface area contributed by atoms with E-state index in [0.29, 0.717) is 34.1 Å². The summed E-state index contributed by atoms with van der Waals surface area (Å²) in [5.74, 6) is -1.94. The molecule has 0 saturated carbocycles. The Labute approximate surface area is 277 Å². The Bertz CT molecular complexity index is 1830. The highest BCUT2D eigenvalue weighted by atomic mass is 16.5. The van der Waals surface area contributed by atoms with Crippen LogP contribution in [0.5, 0.6) is 5.75 Å². The normalized spacial score (nSPS) is 11.0. The number of urea groups is 1. The number of amides is 4. The minimum atomic E-state index is -0.855. The molecule has 0 aliphatic heterocycles. The molecule has 1 heterocycles. The fourth-order valence-corrected chi connectivity index (χ4v) is 4.88. The lowest BCUT2D eigenvalue weighted by atomic mass is 10.0. The van der Waals surface area contributed by atoms with Crippen LogP contribution in [0.2, 0.25) is 0 Å². The number of aromatic nitrogens is 1. The van der Waals surface area contributed by atoms with E-state index in [1.165, 1.54) is 51.6 Å². The van der Waals surface area contributed by atoms with Crippen molar-refractivity contribution in [1.29, 1.82) is 0 Å². The standard InChI is InChI=1S/C35H35N5O8/c1-21-8-6-7-9-28(21)38-35(45)39-29-15-14-25(18-31(29)46-3)40(22(2)41)24-12-10-23(11-13-24)30(19-32(42)47-4)37-33(43)27-20-36-17-16-26(27)34(44)48-5/h6-18,20,30H,19H2,1-5H3,(H,37,43)(H2,38,39,45)/t30-/m1/s1. The van der Waals surface area contributed by atoms with Gasteiger partial charge in [0.15, 0.2) is 0 Å². The molecule has 3 aromatic carbocycles. The van der Waals surface area contributed by atoms with E-state index in [0.717, 1.165) is 5.56 Å². The van der Waals surface area contributed by atoms with Crippen LogP contribution in [0.25, 0.3) is 0 Å². The van der Waals surface area contributed by atoms with Crippen LogP contribution in [0, 0.1) is 6.92 Å².